The second kappa shape index (κ2) is 13.0. The molecule has 0 bridgehead atoms. The Labute approximate surface area is 173 Å². The molecule has 0 spiro atoms. The van der Waals surface area contributed by atoms with Crippen molar-refractivity contribution in [2.75, 3.05) is 48.9 Å². The van der Waals surface area contributed by atoms with E-state index < -0.39 is 0 Å². The van der Waals surface area contributed by atoms with E-state index in [9.17, 15) is 5.11 Å². The van der Waals surface area contributed by atoms with Gasteiger partial charge in [-0.2, -0.15) is 0 Å². The summed E-state index contributed by atoms with van der Waals surface area (Å²) in [5.74, 6) is 1.25. The van der Waals surface area contributed by atoms with Crippen molar-refractivity contribution < 1.29 is 9.84 Å². The Morgan fingerprint density at radius 1 is 0.750 bits per heavy atom. The molecular formula is C23H43N3O2. The number of ether oxygens (including phenoxy) is 1. The van der Waals surface area contributed by atoms with Gasteiger partial charge in [-0.3, -0.25) is 0 Å². The van der Waals surface area contributed by atoms with Crippen LogP contribution in [0.25, 0.3) is 0 Å². The highest BCUT2D eigenvalue weighted by atomic mass is 16.5. The summed E-state index contributed by atoms with van der Waals surface area (Å²) in [6, 6.07) is 2.12. The number of phenolic OH excluding ortho intramolecular Hbond substituents is 1. The summed E-state index contributed by atoms with van der Waals surface area (Å²) in [5, 5.41) is 11.0. The molecule has 0 unspecified atom stereocenters. The molecule has 0 aliphatic carbocycles. The van der Waals surface area contributed by atoms with Gasteiger partial charge in [-0.1, -0.05) is 39.0 Å². The highest BCUT2D eigenvalue weighted by molar-refractivity contribution is 5.54. The Balaban J connectivity index is 3.05. The van der Waals surface area contributed by atoms with E-state index in [-0.39, 0.29) is 0 Å². The van der Waals surface area contributed by atoms with Gasteiger partial charge in [0.2, 0.25) is 0 Å². The summed E-state index contributed by atoms with van der Waals surface area (Å²) in [7, 11) is 12.3. The molecule has 28 heavy (non-hydrogen) atoms. The Kier molecular flexibility index (Phi) is 11.5. The van der Waals surface area contributed by atoms with Crippen molar-refractivity contribution >= 4 is 0 Å². The van der Waals surface area contributed by atoms with Gasteiger partial charge in [0.25, 0.3) is 0 Å². The van der Waals surface area contributed by atoms with E-state index in [0.29, 0.717) is 25.4 Å². The fourth-order valence-corrected chi connectivity index (χ4v) is 3.46. The van der Waals surface area contributed by atoms with Gasteiger partial charge in [-0.15, -0.1) is 0 Å². The van der Waals surface area contributed by atoms with E-state index in [0.717, 1.165) is 35.4 Å². The van der Waals surface area contributed by atoms with Crippen LogP contribution in [0.4, 0.5) is 0 Å². The number of hydrogen-bond donors (Lipinski definition) is 1. The van der Waals surface area contributed by atoms with Gasteiger partial charge in [0.1, 0.15) is 11.5 Å². The molecule has 0 aromatic heterocycles. The molecule has 0 aliphatic heterocycles. The first-order valence-electron chi connectivity index (χ1n) is 10.7. The van der Waals surface area contributed by atoms with Gasteiger partial charge in [-0.05, 0) is 54.8 Å². The third kappa shape index (κ3) is 8.80. The van der Waals surface area contributed by atoms with Crippen LogP contribution in [0.5, 0.6) is 11.5 Å². The number of rotatable bonds is 14. The molecule has 0 heterocycles. The Bertz CT molecular complexity index is 571. The molecule has 0 radical (unpaired) electrons. The molecule has 0 aliphatic rings. The van der Waals surface area contributed by atoms with Crippen molar-refractivity contribution in [3.63, 3.8) is 0 Å². The number of hydrogen-bond acceptors (Lipinski definition) is 5. The van der Waals surface area contributed by atoms with Crippen LogP contribution in [0.15, 0.2) is 6.07 Å². The van der Waals surface area contributed by atoms with Crippen molar-refractivity contribution in [1.82, 2.24) is 14.7 Å². The van der Waals surface area contributed by atoms with E-state index in [2.05, 4.69) is 41.8 Å². The molecule has 1 rings (SSSR count). The maximum atomic E-state index is 11.0. The fraction of sp³-hybridized carbons (Fsp3) is 0.739. The predicted octanol–water partition coefficient (Wildman–Crippen LogP) is 4.32. The molecule has 0 saturated carbocycles. The summed E-state index contributed by atoms with van der Waals surface area (Å²) < 4.78 is 6.29. The van der Waals surface area contributed by atoms with Crippen molar-refractivity contribution in [1.29, 1.82) is 0 Å². The van der Waals surface area contributed by atoms with Crippen LogP contribution in [0.2, 0.25) is 0 Å². The highest BCUT2D eigenvalue weighted by Gasteiger charge is 2.20. The normalized spacial score (nSPS) is 11.8. The number of phenols is 1. The summed E-state index contributed by atoms with van der Waals surface area (Å²) in [6.45, 7) is 5.13. The van der Waals surface area contributed by atoms with Gasteiger partial charge in [0.05, 0.1) is 12.2 Å². The Hall–Kier alpha value is -1.30. The molecule has 5 heteroatoms. The fourth-order valence-electron chi connectivity index (χ4n) is 3.46. The Morgan fingerprint density at radius 3 is 1.86 bits per heavy atom. The second-order valence-corrected chi connectivity index (χ2v) is 8.68. The lowest BCUT2D eigenvalue weighted by Crippen LogP contribution is -2.18. The Morgan fingerprint density at radius 2 is 1.29 bits per heavy atom. The van der Waals surface area contributed by atoms with Crippen LogP contribution in [-0.4, -0.2) is 68.7 Å². The quantitative estimate of drug-likeness (QED) is 0.477. The largest absolute Gasteiger partial charge is 0.507 e. The van der Waals surface area contributed by atoms with Gasteiger partial charge in [0, 0.05) is 30.8 Å². The maximum Gasteiger partial charge on any atom is 0.132 e. The van der Waals surface area contributed by atoms with Gasteiger partial charge >= 0.3 is 0 Å². The van der Waals surface area contributed by atoms with E-state index in [1.54, 1.807) is 0 Å². The third-order valence-corrected chi connectivity index (χ3v) is 4.70. The number of benzene rings is 1. The average molecular weight is 394 g/mol. The van der Waals surface area contributed by atoms with Gasteiger partial charge in [0.15, 0.2) is 0 Å². The standard InChI is InChI=1S/C23H43N3O2/c1-8-9-10-11-12-13-14-28-23-20(17-25(4)5)15-19(16-24(2)3)22(27)21(23)18-26(6)7/h15,27H,8-14,16-18H2,1-7H3. The molecule has 0 atom stereocenters. The molecule has 0 fully saturated rings. The van der Waals surface area contributed by atoms with Crippen LogP contribution in [0.3, 0.4) is 0 Å². The van der Waals surface area contributed by atoms with Crippen LogP contribution < -0.4 is 4.74 Å². The van der Waals surface area contributed by atoms with E-state index in [1.165, 1.54) is 32.1 Å². The molecular weight excluding hydrogens is 350 g/mol. The van der Waals surface area contributed by atoms with Gasteiger partial charge in [-0.25, -0.2) is 0 Å². The number of nitrogens with zero attached hydrogens (tertiary/aromatic N) is 3. The number of unbranched alkanes of at least 4 members (excludes halogenated alkanes) is 5. The van der Waals surface area contributed by atoms with Crippen LogP contribution in [0, 0.1) is 0 Å². The third-order valence-electron chi connectivity index (χ3n) is 4.70. The lowest BCUT2D eigenvalue weighted by molar-refractivity contribution is 0.280. The predicted molar refractivity (Wildman–Crippen MR) is 119 cm³/mol. The van der Waals surface area contributed by atoms with E-state index in [1.807, 2.05) is 28.2 Å². The highest BCUT2D eigenvalue weighted by Crippen LogP contribution is 2.37. The van der Waals surface area contributed by atoms with Crippen molar-refractivity contribution in [3.05, 3.63) is 22.8 Å². The maximum absolute atomic E-state index is 11.0. The molecule has 5 nitrogen and oxygen atoms in total. The first-order valence-corrected chi connectivity index (χ1v) is 10.7. The minimum absolute atomic E-state index is 0.378. The van der Waals surface area contributed by atoms with E-state index in [4.69, 9.17) is 4.74 Å². The van der Waals surface area contributed by atoms with Crippen molar-refractivity contribution in [3.8, 4) is 11.5 Å². The molecule has 1 N–H and O–H groups in total. The average Bonchev–Trinajstić information content (AvgIpc) is 2.59. The zero-order valence-electron chi connectivity index (χ0n) is 19.3. The molecule has 162 valence electrons. The zero-order chi connectivity index (χ0) is 21.1. The molecule has 1 aromatic carbocycles. The van der Waals surface area contributed by atoms with Crippen LogP contribution >= 0.6 is 0 Å². The van der Waals surface area contributed by atoms with Crippen molar-refractivity contribution in [2.24, 2.45) is 0 Å². The second-order valence-electron chi connectivity index (χ2n) is 8.68. The topological polar surface area (TPSA) is 39.2 Å². The monoisotopic (exact) mass is 393 g/mol. The van der Waals surface area contributed by atoms with Crippen LogP contribution in [-0.2, 0) is 19.6 Å². The molecule has 1 aromatic rings. The number of aromatic hydroxyl groups is 1. The lowest BCUT2D eigenvalue weighted by Gasteiger charge is -2.24. The molecule has 0 amide bonds. The minimum atomic E-state index is 0.378. The minimum Gasteiger partial charge on any atom is -0.507 e. The van der Waals surface area contributed by atoms with E-state index >= 15 is 0 Å². The summed E-state index contributed by atoms with van der Waals surface area (Å²) >= 11 is 0. The summed E-state index contributed by atoms with van der Waals surface area (Å²) in [4.78, 5) is 6.33. The summed E-state index contributed by atoms with van der Waals surface area (Å²) in [5.41, 5.74) is 3.03. The first-order chi connectivity index (χ1) is 13.3. The van der Waals surface area contributed by atoms with Gasteiger partial charge < -0.3 is 24.5 Å². The SMILES string of the molecule is CCCCCCCCOc1c(CN(C)C)cc(CN(C)C)c(O)c1CN(C)C. The van der Waals surface area contributed by atoms with Crippen molar-refractivity contribution in [2.45, 2.75) is 65.1 Å². The molecule has 0 saturated heterocycles. The lowest BCUT2D eigenvalue weighted by atomic mass is 10.0. The smallest absolute Gasteiger partial charge is 0.132 e. The summed E-state index contributed by atoms with van der Waals surface area (Å²) in [6.07, 6.45) is 7.45. The first kappa shape index (κ1) is 24.7. The zero-order valence-corrected chi connectivity index (χ0v) is 19.3. The van der Waals surface area contributed by atoms with Crippen LogP contribution in [0.1, 0.15) is 62.1 Å².